The molecule has 23 heavy (non-hydrogen) atoms. The number of nitrogens with two attached hydrogens (primary N) is 1. The van der Waals surface area contributed by atoms with Gasteiger partial charge in [0, 0.05) is 19.1 Å². The fourth-order valence-electron chi connectivity index (χ4n) is 2.67. The number of hydrogen-bond acceptors (Lipinski definition) is 3. The molecule has 120 valence electrons. The Hall–Kier alpha value is -2.04. The highest BCUT2D eigenvalue weighted by molar-refractivity contribution is 6.32. The smallest absolute Gasteiger partial charge is 0.260 e. The minimum atomic E-state index is -0.0545. The van der Waals surface area contributed by atoms with E-state index in [0.29, 0.717) is 23.9 Å². The maximum atomic E-state index is 12.1. The zero-order valence-corrected chi connectivity index (χ0v) is 13.5. The summed E-state index contributed by atoms with van der Waals surface area (Å²) in [4.78, 5) is 13.8. The summed E-state index contributed by atoms with van der Waals surface area (Å²) < 4.78 is 5.57. The van der Waals surface area contributed by atoms with Gasteiger partial charge >= 0.3 is 0 Å². The van der Waals surface area contributed by atoms with E-state index in [0.717, 1.165) is 17.5 Å². The van der Waals surface area contributed by atoms with Crippen molar-refractivity contribution in [2.45, 2.75) is 12.5 Å². The first kappa shape index (κ1) is 15.8. The maximum absolute atomic E-state index is 12.1. The Morgan fingerprint density at radius 1 is 1.22 bits per heavy atom. The van der Waals surface area contributed by atoms with Gasteiger partial charge < -0.3 is 15.4 Å². The average Bonchev–Trinajstić information content (AvgIpc) is 3.01. The molecule has 1 atom stereocenters. The fourth-order valence-corrected chi connectivity index (χ4v) is 2.91. The van der Waals surface area contributed by atoms with Crippen LogP contribution in [0.1, 0.15) is 6.42 Å². The number of amides is 1. The van der Waals surface area contributed by atoms with Gasteiger partial charge in [0.05, 0.1) is 5.02 Å². The quantitative estimate of drug-likeness (QED) is 0.937. The van der Waals surface area contributed by atoms with Crippen molar-refractivity contribution in [3.8, 4) is 16.9 Å². The molecule has 2 aromatic rings. The largest absolute Gasteiger partial charge is 0.482 e. The topological polar surface area (TPSA) is 55.6 Å². The van der Waals surface area contributed by atoms with E-state index in [9.17, 15) is 4.79 Å². The number of carbonyl (C=O) groups is 1. The average molecular weight is 331 g/mol. The first-order chi connectivity index (χ1) is 11.1. The number of rotatable bonds is 4. The highest BCUT2D eigenvalue weighted by Gasteiger charge is 2.23. The molecule has 1 amide bonds. The predicted octanol–water partition coefficient (Wildman–Crippen LogP) is 2.95. The molecule has 2 N–H and O–H groups in total. The van der Waals surface area contributed by atoms with Crippen molar-refractivity contribution in [3.63, 3.8) is 0 Å². The van der Waals surface area contributed by atoms with Gasteiger partial charge in [0.2, 0.25) is 0 Å². The van der Waals surface area contributed by atoms with Gasteiger partial charge in [0.1, 0.15) is 5.75 Å². The molecule has 3 rings (SSSR count). The van der Waals surface area contributed by atoms with Gasteiger partial charge in [-0.3, -0.25) is 4.79 Å². The molecule has 0 aliphatic carbocycles. The van der Waals surface area contributed by atoms with Crippen LogP contribution in [-0.2, 0) is 4.79 Å². The van der Waals surface area contributed by atoms with Crippen LogP contribution in [0.5, 0.6) is 5.75 Å². The zero-order chi connectivity index (χ0) is 16.2. The highest BCUT2D eigenvalue weighted by atomic mass is 35.5. The zero-order valence-electron chi connectivity index (χ0n) is 12.7. The van der Waals surface area contributed by atoms with Gasteiger partial charge in [0.25, 0.3) is 5.91 Å². The molecule has 5 heteroatoms. The Morgan fingerprint density at radius 3 is 2.65 bits per heavy atom. The lowest BCUT2D eigenvalue weighted by Gasteiger charge is -2.16. The third-order valence-corrected chi connectivity index (χ3v) is 4.26. The molecule has 1 fully saturated rings. The number of hydrogen-bond donors (Lipinski definition) is 1. The summed E-state index contributed by atoms with van der Waals surface area (Å²) in [6.45, 7) is 1.28. The SMILES string of the molecule is N[C@@H]1CCN(C(=O)COc2ccc(-c3ccccc3)cc2Cl)C1. The molecule has 4 nitrogen and oxygen atoms in total. The van der Waals surface area contributed by atoms with E-state index >= 15 is 0 Å². The van der Waals surface area contributed by atoms with Gasteiger partial charge in [0.15, 0.2) is 6.61 Å². The summed E-state index contributed by atoms with van der Waals surface area (Å²) in [5, 5.41) is 0.497. The predicted molar refractivity (Wildman–Crippen MR) is 91.6 cm³/mol. The van der Waals surface area contributed by atoms with Crippen LogP contribution in [0, 0.1) is 0 Å². The van der Waals surface area contributed by atoms with Crippen LogP contribution in [0.3, 0.4) is 0 Å². The van der Waals surface area contributed by atoms with Crippen LogP contribution in [0.15, 0.2) is 48.5 Å². The van der Waals surface area contributed by atoms with Crippen molar-refractivity contribution in [1.82, 2.24) is 4.90 Å². The first-order valence-electron chi connectivity index (χ1n) is 7.64. The molecular weight excluding hydrogens is 312 g/mol. The summed E-state index contributed by atoms with van der Waals surface area (Å²) in [6, 6.07) is 15.6. The molecule has 1 aliphatic rings. The molecule has 1 aliphatic heterocycles. The standard InChI is InChI=1S/C18H19ClN2O2/c19-16-10-14(13-4-2-1-3-5-13)6-7-17(16)23-12-18(22)21-9-8-15(20)11-21/h1-7,10,15H,8-9,11-12,20H2/t15-/m1/s1. The van der Waals surface area contributed by atoms with Crippen molar-refractivity contribution in [3.05, 3.63) is 53.6 Å². The lowest BCUT2D eigenvalue weighted by atomic mass is 10.1. The first-order valence-corrected chi connectivity index (χ1v) is 8.02. The van der Waals surface area contributed by atoms with Crippen LogP contribution in [0.4, 0.5) is 0 Å². The lowest BCUT2D eigenvalue weighted by molar-refractivity contribution is -0.132. The molecule has 0 radical (unpaired) electrons. The Bertz CT molecular complexity index is 691. The monoisotopic (exact) mass is 330 g/mol. The van der Waals surface area contributed by atoms with Crippen molar-refractivity contribution in [1.29, 1.82) is 0 Å². The number of halogens is 1. The molecule has 0 aromatic heterocycles. The van der Waals surface area contributed by atoms with Crippen molar-refractivity contribution in [2.24, 2.45) is 5.73 Å². The molecule has 1 saturated heterocycles. The number of benzene rings is 2. The van der Waals surface area contributed by atoms with Crippen molar-refractivity contribution >= 4 is 17.5 Å². The maximum Gasteiger partial charge on any atom is 0.260 e. The molecule has 2 aromatic carbocycles. The number of likely N-dealkylation sites (tertiary alicyclic amines) is 1. The van der Waals surface area contributed by atoms with E-state index in [1.54, 1.807) is 11.0 Å². The summed E-state index contributed by atoms with van der Waals surface area (Å²) in [5.41, 5.74) is 7.91. The van der Waals surface area contributed by atoms with Gasteiger partial charge in [-0.1, -0.05) is 48.0 Å². The van der Waals surface area contributed by atoms with Crippen LogP contribution in [0.25, 0.3) is 11.1 Å². The lowest BCUT2D eigenvalue weighted by Crippen LogP contribution is -2.35. The van der Waals surface area contributed by atoms with Gasteiger partial charge in [-0.15, -0.1) is 0 Å². The summed E-state index contributed by atoms with van der Waals surface area (Å²) in [7, 11) is 0. The van der Waals surface area contributed by atoms with Crippen LogP contribution in [-0.4, -0.2) is 36.5 Å². The second-order valence-corrected chi connectivity index (χ2v) is 6.10. The Labute approximate surface area is 140 Å². The third-order valence-electron chi connectivity index (χ3n) is 3.97. The summed E-state index contributed by atoms with van der Waals surface area (Å²) >= 11 is 6.28. The van der Waals surface area contributed by atoms with Crippen molar-refractivity contribution < 1.29 is 9.53 Å². The number of nitrogens with zero attached hydrogens (tertiary/aromatic N) is 1. The minimum absolute atomic E-state index is 0.0167. The fraction of sp³-hybridized carbons (Fsp3) is 0.278. The summed E-state index contributed by atoms with van der Waals surface area (Å²) in [5.74, 6) is 0.462. The Kier molecular flexibility index (Phi) is 4.84. The molecule has 0 bridgehead atoms. The molecule has 0 saturated carbocycles. The number of ether oxygens (including phenoxy) is 1. The third kappa shape index (κ3) is 3.84. The Morgan fingerprint density at radius 2 is 2.00 bits per heavy atom. The van der Waals surface area contributed by atoms with Gasteiger partial charge in [-0.2, -0.15) is 0 Å². The van der Waals surface area contributed by atoms with E-state index in [1.807, 2.05) is 42.5 Å². The number of carbonyl (C=O) groups excluding carboxylic acids is 1. The molecule has 1 heterocycles. The van der Waals surface area contributed by atoms with E-state index in [-0.39, 0.29) is 18.6 Å². The van der Waals surface area contributed by atoms with E-state index in [1.165, 1.54) is 0 Å². The minimum Gasteiger partial charge on any atom is -0.482 e. The van der Waals surface area contributed by atoms with E-state index in [4.69, 9.17) is 22.1 Å². The van der Waals surface area contributed by atoms with E-state index in [2.05, 4.69) is 0 Å². The second-order valence-electron chi connectivity index (χ2n) is 5.69. The molecule has 0 spiro atoms. The van der Waals surface area contributed by atoms with Gasteiger partial charge in [-0.05, 0) is 29.7 Å². The van der Waals surface area contributed by atoms with Crippen LogP contribution >= 0.6 is 11.6 Å². The normalized spacial score (nSPS) is 17.3. The van der Waals surface area contributed by atoms with Crippen molar-refractivity contribution in [2.75, 3.05) is 19.7 Å². The van der Waals surface area contributed by atoms with Crippen LogP contribution < -0.4 is 10.5 Å². The Balaban J connectivity index is 1.64. The van der Waals surface area contributed by atoms with E-state index < -0.39 is 0 Å². The van der Waals surface area contributed by atoms with Crippen LogP contribution in [0.2, 0.25) is 5.02 Å². The van der Waals surface area contributed by atoms with Gasteiger partial charge in [-0.25, -0.2) is 0 Å². The second kappa shape index (κ2) is 7.02. The summed E-state index contributed by atoms with van der Waals surface area (Å²) in [6.07, 6.45) is 0.846. The molecular formula is C18H19ClN2O2. The molecule has 0 unspecified atom stereocenters. The highest BCUT2D eigenvalue weighted by Crippen LogP contribution is 2.30.